The SMILES string of the molecule is CCNC(=O)NC1CCCC(C(=O)Nc2cc(-c3cc(F)c4nn(C)c(C(C)C)c4c3)c(Cl)cn2)C1. The fraction of sp³-hybridized carbons (Fsp3) is 0.462. The first kappa shape index (κ1) is 25.9. The molecule has 0 spiro atoms. The van der Waals surface area contributed by atoms with Crippen LogP contribution < -0.4 is 16.0 Å². The van der Waals surface area contributed by atoms with Crippen molar-refractivity contribution in [2.45, 2.75) is 58.4 Å². The molecule has 192 valence electrons. The summed E-state index contributed by atoms with van der Waals surface area (Å²) in [6.07, 6.45) is 4.44. The normalized spacial score (nSPS) is 17.9. The lowest BCUT2D eigenvalue weighted by Crippen LogP contribution is -2.45. The third-order valence-corrected chi connectivity index (χ3v) is 6.92. The molecule has 1 aromatic carbocycles. The third kappa shape index (κ3) is 5.46. The summed E-state index contributed by atoms with van der Waals surface area (Å²) in [6.45, 7) is 6.48. The summed E-state index contributed by atoms with van der Waals surface area (Å²) < 4.78 is 16.7. The van der Waals surface area contributed by atoms with E-state index in [9.17, 15) is 9.59 Å². The first-order valence-corrected chi connectivity index (χ1v) is 12.7. The molecule has 0 bridgehead atoms. The Labute approximate surface area is 215 Å². The zero-order valence-corrected chi connectivity index (χ0v) is 21.7. The van der Waals surface area contributed by atoms with Crippen molar-refractivity contribution in [1.29, 1.82) is 0 Å². The Morgan fingerprint density at radius 1 is 1.25 bits per heavy atom. The van der Waals surface area contributed by atoms with Crippen LogP contribution in [0.3, 0.4) is 0 Å². The number of nitrogens with zero attached hydrogens (tertiary/aromatic N) is 3. The Morgan fingerprint density at radius 2 is 2.03 bits per heavy atom. The van der Waals surface area contributed by atoms with Gasteiger partial charge in [0.1, 0.15) is 11.3 Å². The van der Waals surface area contributed by atoms with Gasteiger partial charge in [0.25, 0.3) is 0 Å². The minimum absolute atomic E-state index is 0.0564. The van der Waals surface area contributed by atoms with Gasteiger partial charge < -0.3 is 16.0 Å². The molecule has 2 heterocycles. The summed E-state index contributed by atoms with van der Waals surface area (Å²) in [7, 11) is 1.81. The summed E-state index contributed by atoms with van der Waals surface area (Å²) in [5, 5.41) is 14.0. The van der Waals surface area contributed by atoms with Gasteiger partial charge >= 0.3 is 6.03 Å². The molecule has 2 aromatic heterocycles. The summed E-state index contributed by atoms with van der Waals surface area (Å²) >= 11 is 6.46. The molecule has 1 aliphatic carbocycles. The molecule has 0 aliphatic heterocycles. The number of rotatable bonds is 6. The molecule has 3 N–H and O–H groups in total. The van der Waals surface area contributed by atoms with E-state index < -0.39 is 5.82 Å². The van der Waals surface area contributed by atoms with Crippen LogP contribution in [0.15, 0.2) is 24.4 Å². The first-order valence-electron chi connectivity index (χ1n) is 12.3. The van der Waals surface area contributed by atoms with Crippen molar-refractivity contribution in [3.63, 3.8) is 0 Å². The van der Waals surface area contributed by atoms with E-state index in [1.165, 1.54) is 12.3 Å². The zero-order chi connectivity index (χ0) is 26.0. The summed E-state index contributed by atoms with van der Waals surface area (Å²) in [6, 6.07) is 4.68. The van der Waals surface area contributed by atoms with Gasteiger partial charge in [0.2, 0.25) is 5.91 Å². The average molecular weight is 515 g/mol. The molecule has 1 fully saturated rings. The van der Waals surface area contributed by atoms with Crippen LogP contribution in [-0.4, -0.2) is 39.3 Å². The number of urea groups is 1. The van der Waals surface area contributed by atoms with Gasteiger partial charge in [-0.3, -0.25) is 9.48 Å². The molecule has 2 unspecified atom stereocenters. The predicted molar refractivity (Wildman–Crippen MR) is 140 cm³/mol. The lowest BCUT2D eigenvalue weighted by Gasteiger charge is -2.29. The summed E-state index contributed by atoms with van der Waals surface area (Å²) in [5.74, 6) is -0.344. The van der Waals surface area contributed by atoms with Crippen molar-refractivity contribution >= 4 is 40.3 Å². The van der Waals surface area contributed by atoms with Crippen LogP contribution in [0.25, 0.3) is 22.0 Å². The highest BCUT2D eigenvalue weighted by molar-refractivity contribution is 6.33. The van der Waals surface area contributed by atoms with Crippen LogP contribution in [0.4, 0.5) is 15.0 Å². The molecule has 1 aliphatic rings. The van der Waals surface area contributed by atoms with E-state index in [0.717, 1.165) is 30.3 Å². The molecule has 3 amide bonds. The van der Waals surface area contributed by atoms with Gasteiger partial charge in [-0.05, 0) is 55.9 Å². The van der Waals surface area contributed by atoms with E-state index in [0.29, 0.717) is 40.4 Å². The molecule has 2 atom stereocenters. The Balaban J connectivity index is 1.56. The van der Waals surface area contributed by atoms with E-state index in [-0.39, 0.29) is 29.8 Å². The molecule has 36 heavy (non-hydrogen) atoms. The highest BCUT2D eigenvalue weighted by Gasteiger charge is 2.28. The maximum atomic E-state index is 15.0. The molecule has 1 saturated carbocycles. The second-order valence-corrected chi connectivity index (χ2v) is 10.0. The first-order chi connectivity index (χ1) is 17.2. The standard InChI is InChI=1S/C26H32ClFN6O2/c1-5-29-26(36)31-17-8-6-7-15(9-17)25(35)32-22-12-18(20(27)13-30-22)16-10-19-23(21(28)11-16)33-34(4)24(19)14(2)3/h10-15,17H,5-9H2,1-4H3,(H2,29,31,36)(H,30,32,35). The Morgan fingerprint density at radius 3 is 2.75 bits per heavy atom. The van der Waals surface area contributed by atoms with E-state index in [2.05, 4.69) is 26.0 Å². The molecular formula is C26H32ClFN6O2. The van der Waals surface area contributed by atoms with Crippen LogP contribution in [-0.2, 0) is 11.8 Å². The number of aryl methyl sites for hydroxylation is 1. The molecule has 0 saturated heterocycles. The minimum atomic E-state index is -0.434. The van der Waals surface area contributed by atoms with Crippen LogP contribution in [0.5, 0.6) is 0 Å². The van der Waals surface area contributed by atoms with Gasteiger partial charge in [0, 0.05) is 48.4 Å². The second-order valence-electron chi connectivity index (χ2n) is 9.62. The molecule has 10 heteroatoms. The number of hydrogen-bond donors (Lipinski definition) is 3. The monoisotopic (exact) mass is 514 g/mol. The largest absolute Gasteiger partial charge is 0.338 e. The number of benzene rings is 1. The highest BCUT2D eigenvalue weighted by atomic mass is 35.5. The van der Waals surface area contributed by atoms with Crippen molar-refractivity contribution in [3.05, 3.63) is 40.9 Å². The molecule has 3 aromatic rings. The number of nitrogens with one attached hydrogen (secondary N) is 3. The van der Waals surface area contributed by atoms with E-state index in [1.807, 2.05) is 33.9 Å². The fourth-order valence-corrected chi connectivity index (χ4v) is 5.24. The predicted octanol–water partition coefficient (Wildman–Crippen LogP) is 5.37. The quantitative estimate of drug-likeness (QED) is 0.411. The third-order valence-electron chi connectivity index (χ3n) is 6.62. The number of fused-ring (bicyclic) bond motifs is 1. The van der Waals surface area contributed by atoms with Crippen molar-refractivity contribution in [2.24, 2.45) is 13.0 Å². The molecule has 0 radical (unpaired) electrons. The van der Waals surface area contributed by atoms with Gasteiger partial charge in [0.15, 0.2) is 5.82 Å². The van der Waals surface area contributed by atoms with Gasteiger partial charge in [-0.2, -0.15) is 5.10 Å². The van der Waals surface area contributed by atoms with Gasteiger partial charge in [-0.25, -0.2) is 14.2 Å². The molecule has 4 rings (SSSR count). The summed E-state index contributed by atoms with van der Waals surface area (Å²) in [5.41, 5.74) is 2.40. The van der Waals surface area contributed by atoms with Crippen molar-refractivity contribution in [1.82, 2.24) is 25.4 Å². The number of hydrogen-bond acceptors (Lipinski definition) is 4. The maximum absolute atomic E-state index is 15.0. The molecule has 8 nitrogen and oxygen atoms in total. The smallest absolute Gasteiger partial charge is 0.314 e. The number of anilines is 1. The fourth-order valence-electron chi connectivity index (χ4n) is 5.03. The van der Waals surface area contributed by atoms with Crippen LogP contribution in [0.1, 0.15) is 58.1 Å². The Bertz CT molecular complexity index is 1290. The highest BCUT2D eigenvalue weighted by Crippen LogP contribution is 2.35. The maximum Gasteiger partial charge on any atom is 0.314 e. The van der Waals surface area contributed by atoms with Crippen LogP contribution in [0, 0.1) is 11.7 Å². The van der Waals surface area contributed by atoms with E-state index in [1.54, 1.807) is 10.7 Å². The number of aromatic nitrogens is 3. The van der Waals surface area contributed by atoms with Gasteiger partial charge in [0.05, 0.1) is 5.02 Å². The summed E-state index contributed by atoms with van der Waals surface area (Å²) in [4.78, 5) is 29.2. The van der Waals surface area contributed by atoms with Crippen molar-refractivity contribution in [3.8, 4) is 11.1 Å². The lowest BCUT2D eigenvalue weighted by molar-refractivity contribution is -0.121. The van der Waals surface area contributed by atoms with Gasteiger partial charge in [-0.1, -0.05) is 31.9 Å². The van der Waals surface area contributed by atoms with Crippen LogP contribution in [0.2, 0.25) is 5.02 Å². The number of pyridine rings is 1. The number of amides is 3. The van der Waals surface area contributed by atoms with E-state index >= 15 is 4.39 Å². The van der Waals surface area contributed by atoms with Crippen molar-refractivity contribution < 1.29 is 14.0 Å². The lowest BCUT2D eigenvalue weighted by atomic mass is 9.85. The number of halogens is 2. The molecular weight excluding hydrogens is 483 g/mol. The van der Waals surface area contributed by atoms with Crippen LogP contribution >= 0.6 is 11.6 Å². The number of carbonyl (C=O) groups is 2. The average Bonchev–Trinajstić information content (AvgIpc) is 3.17. The van der Waals surface area contributed by atoms with Gasteiger partial charge in [-0.15, -0.1) is 0 Å². The van der Waals surface area contributed by atoms with E-state index in [4.69, 9.17) is 11.6 Å². The topological polar surface area (TPSA) is 101 Å². The Kier molecular flexibility index (Phi) is 7.78. The minimum Gasteiger partial charge on any atom is -0.338 e. The van der Waals surface area contributed by atoms with Crippen molar-refractivity contribution in [2.75, 3.05) is 11.9 Å². The zero-order valence-electron chi connectivity index (χ0n) is 21.0. The number of carbonyl (C=O) groups excluding carboxylic acids is 2. The second kappa shape index (κ2) is 10.8. The Hall–Kier alpha value is -3.20.